The minimum atomic E-state index is -3.76. The number of benzene rings is 2. The van der Waals surface area contributed by atoms with Crippen molar-refractivity contribution in [3.63, 3.8) is 0 Å². The van der Waals surface area contributed by atoms with Crippen LogP contribution in [0.1, 0.15) is 11.3 Å². The summed E-state index contributed by atoms with van der Waals surface area (Å²) < 4.78 is 32.3. The molecular formula is C19H18N4O3S. The lowest BCUT2D eigenvalue weighted by Crippen LogP contribution is -2.15. The predicted molar refractivity (Wildman–Crippen MR) is 104 cm³/mol. The summed E-state index contributed by atoms with van der Waals surface area (Å²) in [5, 5.41) is 0. The summed E-state index contributed by atoms with van der Waals surface area (Å²) in [5.41, 5.74) is 2.22. The molecule has 138 valence electrons. The van der Waals surface area contributed by atoms with E-state index in [1.807, 2.05) is 24.3 Å². The van der Waals surface area contributed by atoms with E-state index in [2.05, 4.69) is 19.7 Å². The third-order valence-corrected chi connectivity index (χ3v) is 4.99. The molecule has 2 aromatic carbocycles. The van der Waals surface area contributed by atoms with E-state index in [9.17, 15) is 8.42 Å². The number of aryl methyl sites for hydroxylation is 1. The third-order valence-electron chi connectivity index (χ3n) is 3.65. The first-order chi connectivity index (χ1) is 13.0. The molecule has 0 spiro atoms. The van der Waals surface area contributed by atoms with Crippen molar-refractivity contribution in [2.75, 3.05) is 11.8 Å². The smallest absolute Gasteiger partial charge is 0.264 e. The van der Waals surface area contributed by atoms with Crippen LogP contribution in [0.15, 0.2) is 70.7 Å². The maximum absolute atomic E-state index is 12.4. The Morgan fingerprint density at radius 1 is 1.04 bits per heavy atom. The van der Waals surface area contributed by atoms with E-state index in [-0.39, 0.29) is 10.8 Å². The number of sulfonamides is 1. The molecule has 3 aromatic rings. The number of aliphatic imine (C=N–C) groups is 1. The number of hydrogen-bond donors (Lipinski definition) is 1. The molecule has 0 aliphatic heterocycles. The fraction of sp³-hybridized carbons (Fsp3) is 0.105. The van der Waals surface area contributed by atoms with Gasteiger partial charge in [0.05, 0.1) is 17.7 Å². The number of nitrogens with one attached hydrogen (secondary N) is 1. The maximum Gasteiger partial charge on any atom is 0.264 e. The second-order valence-corrected chi connectivity index (χ2v) is 7.33. The lowest BCUT2D eigenvalue weighted by Gasteiger charge is -2.07. The molecule has 0 aliphatic rings. The Bertz CT molecular complexity index is 1050. The van der Waals surface area contributed by atoms with Crippen LogP contribution in [0.25, 0.3) is 0 Å². The van der Waals surface area contributed by atoms with Crippen LogP contribution in [0, 0.1) is 6.92 Å². The lowest BCUT2D eigenvalue weighted by atomic mass is 10.2. The van der Waals surface area contributed by atoms with Gasteiger partial charge in [0.1, 0.15) is 5.75 Å². The van der Waals surface area contributed by atoms with E-state index in [1.54, 1.807) is 38.4 Å². The zero-order chi connectivity index (χ0) is 19.3. The SMILES string of the molecule is COc1ccc(C=Nc2ccc(S(=O)(=O)Nc3nccc(C)n3)cc2)cc1. The number of ether oxygens (including phenoxy) is 1. The highest BCUT2D eigenvalue weighted by Crippen LogP contribution is 2.19. The van der Waals surface area contributed by atoms with E-state index < -0.39 is 10.0 Å². The Morgan fingerprint density at radius 2 is 1.74 bits per heavy atom. The highest BCUT2D eigenvalue weighted by atomic mass is 32.2. The van der Waals surface area contributed by atoms with Crippen LogP contribution in [0.4, 0.5) is 11.6 Å². The largest absolute Gasteiger partial charge is 0.497 e. The Hall–Kier alpha value is -3.26. The van der Waals surface area contributed by atoms with Crippen LogP contribution in [0.3, 0.4) is 0 Å². The number of rotatable bonds is 6. The average Bonchev–Trinajstić information content (AvgIpc) is 2.67. The average molecular weight is 382 g/mol. The fourth-order valence-electron chi connectivity index (χ4n) is 2.23. The molecule has 0 atom stereocenters. The Morgan fingerprint density at radius 3 is 2.37 bits per heavy atom. The van der Waals surface area contributed by atoms with Gasteiger partial charge in [0, 0.05) is 18.1 Å². The van der Waals surface area contributed by atoms with Crippen molar-refractivity contribution in [3.05, 3.63) is 72.1 Å². The monoisotopic (exact) mass is 382 g/mol. The molecule has 1 N–H and O–H groups in total. The number of nitrogens with zero attached hydrogens (tertiary/aromatic N) is 3. The van der Waals surface area contributed by atoms with Crippen molar-refractivity contribution in [1.29, 1.82) is 0 Å². The van der Waals surface area contributed by atoms with Crippen LogP contribution in [0.5, 0.6) is 5.75 Å². The number of hydrogen-bond acceptors (Lipinski definition) is 6. The molecule has 3 rings (SSSR count). The second-order valence-electron chi connectivity index (χ2n) is 5.65. The molecule has 0 radical (unpaired) electrons. The molecule has 7 nitrogen and oxygen atoms in total. The zero-order valence-electron chi connectivity index (χ0n) is 14.8. The van der Waals surface area contributed by atoms with E-state index in [0.29, 0.717) is 11.4 Å². The van der Waals surface area contributed by atoms with Crippen LogP contribution in [-0.2, 0) is 10.0 Å². The van der Waals surface area contributed by atoms with Crippen molar-refractivity contribution in [2.45, 2.75) is 11.8 Å². The Labute approximate surface area is 157 Å². The highest BCUT2D eigenvalue weighted by molar-refractivity contribution is 7.92. The predicted octanol–water partition coefficient (Wildman–Crippen LogP) is 3.35. The quantitative estimate of drug-likeness (QED) is 0.660. The van der Waals surface area contributed by atoms with Gasteiger partial charge in [-0.2, -0.15) is 0 Å². The normalized spacial score (nSPS) is 11.5. The van der Waals surface area contributed by atoms with Crippen molar-refractivity contribution < 1.29 is 13.2 Å². The number of anilines is 1. The van der Waals surface area contributed by atoms with Gasteiger partial charge >= 0.3 is 0 Å². The third kappa shape index (κ3) is 4.89. The Kier molecular flexibility index (Phi) is 5.46. The molecule has 0 bridgehead atoms. The molecule has 0 amide bonds. The van der Waals surface area contributed by atoms with Crippen molar-refractivity contribution in [2.24, 2.45) is 4.99 Å². The van der Waals surface area contributed by atoms with Gasteiger partial charge in [-0.05, 0) is 67.1 Å². The van der Waals surface area contributed by atoms with Gasteiger partial charge in [0.15, 0.2) is 0 Å². The molecule has 0 saturated heterocycles. The summed E-state index contributed by atoms with van der Waals surface area (Å²) in [4.78, 5) is 12.4. The van der Waals surface area contributed by atoms with E-state index in [4.69, 9.17) is 4.74 Å². The van der Waals surface area contributed by atoms with Crippen LogP contribution >= 0.6 is 0 Å². The van der Waals surface area contributed by atoms with Gasteiger partial charge in [0.25, 0.3) is 10.0 Å². The first kappa shape index (κ1) is 18.5. The van der Waals surface area contributed by atoms with Crippen LogP contribution in [-0.4, -0.2) is 31.7 Å². The molecule has 1 heterocycles. The van der Waals surface area contributed by atoms with Crippen molar-refractivity contribution >= 4 is 27.9 Å². The summed E-state index contributed by atoms with van der Waals surface area (Å²) in [6.45, 7) is 1.76. The van der Waals surface area contributed by atoms with Crippen LogP contribution < -0.4 is 9.46 Å². The van der Waals surface area contributed by atoms with Gasteiger partial charge in [-0.15, -0.1) is 0 Å². The van der Waals surface area contributed by atoms with Gasteiger partial charge in [-0.25, -0.2) is 23.1 Å². The summed E-state index contributed by atoms with van der Waals surface area (Å²) in [5.74, 6) is 0.809. The maximum atomic E-state index is 12.4. The van der Waals surface area contributed by atoms with E-state index in [0.717, 1.165) is 11.3 Å². The molecular weight excluding hydrogens is 364 g/mol. The standard InChI is InChI=1S/C19H18N4O3S/c1-14-11-12-20-19(22-14)23-27(24,25)18-9-5-16(6-10-18)21-13-15-3-7-17(26-2)8-4-15/h3-13H,1-2H3,(H,20,22,23). The molecule has 0 unspecified atom stereocenters. The second kappa shape index (κ2) is 7.96. The molecule has 0 aliphatic carbocycles. The Balaban J connectivity index is 1.72. The fourth-order valence-corrected chi connectivity index (χ4v) is 3.18. The summed E-state index contributed by atoms with van der Waals surface area (Å²) in [7, 11) is -2.15. The van der Waals surface area contributed by atoms with E-state index in [1.165, 1.54) is 18.3 Å². The van der Waals surface area contributed by atoms with E-state index >= 15 is 0 Å². The summed E-state index contributed by atoms with van der Waals surface area (Å²) in [6, 6.07) is 15.4. The van der Waals surface area contributed by atoms with Gasteiger partial charge in [-0.1, -0.05) is 0 Å². The van der Waals surface area contributed by atoms with Gasteiger partial charge in [0.2, 0.25) is 5.95 Å². The minimum Gasteiger partial charge on any atom is -0.497 e. The van der Waals surface area contributed by atoms with Gasteiger partial charge < -0.3 is 4.74 Å². The molecule has 27 heavy (non-hydrogen) atoms. The molecule has 0 fully saturated rings. The minimum absolute atomic E-state index is 0.0385. The number of methoxy groups -OCH3 is 1. The summed E-state index contributed by atoms with van der Waals surface area (Å²) >= 11 is 0. The van der Waals surface area contributed by atoms with Crippen molar-refractivity contribution in [1.82, 2.24) is 9.97 Å². The van der Waals surface area contributed by atoms with Crippen LogP contribution in [0.2, 0.25) is 0 Å². The molecule has 8 heteroatoms. The highest BCUT2D eigenvalue weighted by Gasteiger charge is 2.15. The zero-order valence-corrected chi connectivity index (χ0v) is 15.6. The van der Waals surface area contributed by atoms with Gasteiger partial charge in [-0.3, -0.25) is 4.99 Å². The first-order valence-electron chi connectivity index (χ1n) is 8.07. The first-order valence-corrected chi connectivity index (χ1v) is 9.55. The topological polar surface area (TPSA) is 93.5 Å². The van der Waals surface area contributed by atoms with Crippen molar-refractivity contribution in [3.8, 4) is 5.75 Å². The number of aromatic nitrogens is 2. The molecule has 0 saturated carbocycles. The molecule has 1 aromatic heterocycles. The lowest BCUT2D eigenvalue weighted by molar-refractivity contribution is 0.415. The summed E-state index contributed by atoms with van der Waals surface area (Å²) in [6.07, 6.45) is 3.19.